The quantitative estimate of drug-likeness (QED) is 0.156. The molecule has 0 N–H and O–H groups in total. The van der Waals surface area contributed by atoms with E-state index in [-0.39, 0.29) is 0 Å². The summed E-state index contributed by atoms with van der Waals surface area (Å²) in [6, 6.07) is 80.7. The molecule has 11 rings (SSSR count). The van der Waals surface area contributed by atoms with Gasteiger partial charge in [0.25, 0.3) is 0 Å². The third-order valence-corrected chi connectivity index (χ3v) is 11.8. The van der Waals surface area contributed by atoms with Crippen LogP contribution in [0.4, 0.5) is 0 Å². The number of para-hydroxylation sites is 2. The molecular weight excluding hydrogens is 713 g/mol. The van der Waals surface area contributed by atoms with Gasteiger partial charge in [0.15, 0.2) is 0 Å². The van der Waals surface area contributed by atoms with Crippen LogP contribution in [0.3, 0.4) is 0 Å². The highest BCUT2D eigenvalue weighted by Crippen LogP contribution is 2.46. The highest BCUT2D eigenvalue weighted by Gasteiger charge is 2.20. The van der Waals surface area contributed by atoms with Gasteiger partial charge in [-0.1, -0.05) is 170 Å². The zero-order valence-electron chi connectivity index (χ0n) is 32.2. The number of aromatic nitrogens is 1. The van der Waals surface area contributed by atoms with Crippen molar-refractivity contribution < 1.29 is 0 Å². The van der Waals surface area contributed by atoms with Crippen LogP contribution in [0.15, 0.2) is 218 Å². The Morgan fingerprint density at radius 3 is 1.31 bits per heavy atom. The molecule has 0 bridgehead atoms. The van der Waals surface area contributed by atoms with Gasteiger partial charge >= 0.3 is 0 Å². The highest BCUT2D eigenvalue weighted by molar-refractivity contribution is 6.22. The normalized spacial score (nSPS) is 11.4. The summed E-state index contributed by atoms with van der Waals surface area (Å²) in [5, 5.41) is 17.6. The lowest BCUT2D eigenvalue weighted by Gasteiger charge is -2.20. The molecular formula is C57H36N2. The minimum absolute atomic E-state index is 0.619. The molecule has 274 valence electrons. The molecule has 0 amide bonds. The van der Waals surface area contributed by atoms with Gasteiger partial charge in [-0.2, -0.15) is 5.26 Å². The van der Waals surface area contributed by atoms with E-state index < -0.39 is 0 Å². The number of nitrogens with zero attached hydrogens (tertiary/aromatic N) is 2. The van der Waals surface area contributed by atoms with Gasteiger partial charge in [-0.05, 0) is 126 Å². The third-order valence-electron chi connectivity index (χ3n) is 11.8. The summed E-state index contributed by atoms with van der Waals surface area (Å²) in [6.45, 7) is 0. The fourth-order valence-electron chi connectivity index (χ4n) is 9.10. The number of hydrogen-bond acceptors (Lipinski definition) is 1. The Labute approximate surface area is 343 Å². The minimum Gasteiger partial charge on any atom is -0.309 e. The van der Waals surface area contributed by atoms with Crippen LogP contribution in [0.5, 0.6) is 0 Å². The van der Waals surface area contributed by atoms with Crippen molar-refractivity contribution in [1.29, 1.82) is 5.26 Å². The highest BCUT2D eigenvalue weighted by atomic mass is 15.0. The van der Waals surface area contributed by atoms with Crippen LogP contribution >= 0.6 is 0 Å². The molecule has 1 heterocycles. The zero-order valence-corrected chi connectivity index (χ0v) is 32.2. The molecule has 0 aliphatic heterocycles. The topological polar surface area (TPSA) is 28.7 Å². The lowest BCUT2D eigenvalue weighted by Crippen LogP contribution is -1.96. The number of hydrogen-bond donors (Lipinski definition) is 0. The molecule has 2 nitrogen and oxygen atoms in total. The van der Waals surface area contributed by atoms with Crippen LogP contribution in [0, 0.1) is 11.3 Å². The maximum absolute atomic E-state index is 10.4. The Hall–Kier alpha value is -7.99. The summed E-state index contributed by atoms with van der Waals surface area (Å²) in [5.74, 6) is 0. The molecule has 1 aromatic heterocycles. The summed E-state index contributed by atoms with van der Waals surface area (Å²) < 4.78 is 2.29. The number of nitriles is 1. The zero-order chi connectivity index (χ0) is 39.3. The minimum atomic E-state index is 0.619. The molecule has 0 saturated carbocycles. The van der Waals surface area contributed by atoms with Crippen molar-refractivity contribution in [3.8, 4) is 67.4 Å². The molecule has 0 atom stereocenters. The van der Waals surface area contributed by atoms with Crippen molar-refractivity contribution in [3.05, 3.63) is 224 Å². The first-order chi connectivity index (χ1) is 29.2. The van der Waals surface area contributed by atoms with Gasteiger partial charge in [-0.15, -0.1) is 0 Å². The van der Waals surface area contributed by atoms with Crippen LogP contribution in [0.2, 0.25) is 0 Å². The standard InChI is InChI=1S/C57H36N2/c58-37-38-31-46(34-47(32-38)59-54-25-12-10-23-48(54)49-24-11-13-26-55(49)59)42-21-14-22-45(33-42)57-51-30-28-43(39-15-4-1-5-16-39)35-52(51)56(41-19-8-3-9-20-41)50-29-27-44(36-53(50)57)40-17-6-2-7-18-40/h1-36H. The summed E-state index contributed by atoms with van der Waals surface area (Å²) in [6.07, 6.45) is 0. The van der Waals surface area contributed by atoms with E-state index in [1.54, 1.807) is 0 Å². The second-order valence-electron chi connectivity index (χ2n) is 15.2. The van der Waals surface area contributed by atoms with Crippen molar-refractivity contribution in [1.82, 2.24) is 4.57 Å². The molecule has 11 aromatic rings. The first kappa shape index (κ1) is 34.3. The van der Waals surface area contributed by atoms with Crippen molar-refractivity contribution in [2.75, 3.05) is 0 Å². The summed E-state index contributed by atoms with van der Waals surface area (Å²) >= 11 is 0. The van der Waals surface area contributed by atoms with Crippen molar-refractivity contribution in [2.45, 2.75) is 0 Å². The first-order valence-electron chi connectivity index (χ1n) is 20.1. The second kappa shape index (κ2) is 14.2. The van der Waals surface area contributed by atoms with Crippen LogP contribution < -0.4 is 0 Å². The maximum Gasteiger partial charge on any atom is 0.0992 e. The van der Waals surface area contributed by atoms with Crippen molar-refractivity contribution in [3.63, 3.8) is 0 Å². The van der Waals surface area contributed by atoms with Crippen molar-refractivity contribution >= 4 is 43.4 Å². The van der Waals surface area contributed by atoms with Crippen LogP contribution in [0.1, 0.15) is 5.56 Å². The Bertz CT molecular complexity index is 3370. The van der Waals surface area contributed by atoms with Crippen LogP contribution in [-0.4, -0.2) is 4.57 Å². The predicted molar refractivity (Wildman–Crippen MR) is 248 cm³/mol. The van der Waals surface area contributed by atoms with Crippen LogP contribution in [-0.2, 0) is 0 Å². The maximum atomic E-state index is 10.4. The SMILES string of the molecule is N#Cc1cc(-c2cccc(-c3c4ccc(-c5ccccc5)cc4c(-c4ccccc4)c4ccc(-c5ccccc5)cc34)c2)cc(-n2c3ccccc3c3ccccc32)c1. The van der Waals surface area contributed by atoms with Gasteiger partial charge < -0.3 is 4.57 Å². The van der Waals surface area contributed by atoms with E-state index in [0.29, 0.717) is 5.56 Å². The molecule has 0 unspecified atom stereocenters. The Morgan fingerprint density at radius 2 is 0.746 bits per heavy atom. The van der Waals surface area contributed by atoms with E-state index in [0.717, 1.165) is 33.4 Å². The average Bonchev–Trinajstić information content (AvgIpc) is 3.65. The predicted octanol–water partition coefficient (Wildman–Crippen LogP) is 15.3. The second-order valence-corrected chi connectivity index (χ2v) is 15.2. The summed E-state index contributed by atoms with van der Waals surface area (Å²) in [7, 11) is 0. The van der Waals surface area contributed by atoms with E-state index in [4.69, 9.17) is 0 Å². The molecule has 0 fully saturated rings. The summed E-state index contributed by atoms with van der Waals surface area (Å²) in [5.41, 5.74) is 15.3. The molecule has 0 aliphatic rings. The van der Waals surface area contributed by atoms with Gasteiger partial charge in [-0.3, -0.25) is 0 Å². The van der Waals surface area contributed by atoms with Gasteiger partial charge in [0.1, 0.15) is 0 Å². The Morgan fingerprint density at radius 1 is 0.288 bits per heavy atom. The average molecular weight is 749 g/mol. The third kappa shape index (κ3) is 5.88. The van der Waals surface area contributed by atoms with E-state index >= 15 is 0 Å². The van der Waals surface area contributed by atoms with Crippen LogP contribution in [0.25, 0.3) is 105 Å². The molecule has 2 heteroatoms. The van der Waals surface area contributed by atoms with E-state index in [9.17, 15) is 5.26 Å². The molecule has 10 aromatic carbocycles. The molecule has 0 aliphatic carbocycles. The molecule has 0 spiro atoms. The van der Waals surface area contributed by atoms with Crippen molar-refractivity contribution in [2.24, 2.45) is 0 Å². The number of benzene rings is 10. The number of fused-ring (bicyclic) bond motifs is 5. The fraction of sp³-hybridized carbons (Fsp3) is 0. The van der Waals surface area contributed by atoms with E-state index in [1.165, 1.54) is 71.3 Å². The van der Waals surface area contributed by atoms with Gasteiger partial charge in [0.05, 0.1) is 22.7 Å². The first-order valence-corrected chi connectivity index (χ1v) is 20.1. The Balaban J connectivity index is 1.18. The molecule has 0 saturated heterocycles. The summed E-state index contributed by atoms with van der Waals surface area (Å²) in [4.78, 5) is 0. The largest absolute Gasteiger partial charge is 0.309 e. The molecule has 59 heavy (non-hydrogen) atoms. The Kier molecular flexibility index (Phi) is 8.24. The lowest BCUT2D eigenvalue weighted by atomic mass is 9.83. The lowest BCUT2D eigenvalue weighted by molar-refractivity contribution is 1.18. The smallest absolute Gasteiger partial charge is 0.0992 e. The molecule has 0 radical (unpaired) electrons. The van der Waals surface area contributed by atoms with Gasteiger partial charge in [-0.25, -0.2) is 0 Å². The van der Waals surface area contributed by atoms with Gasteiger partial charge in [0, 0.05) is 16.5 Å². The number of rotatable bonds is 6. The fourth-order valence-corrected chi connectivity index (χ4v) is 9.10. The van der Waals surface area contributed by atoms with E-state index in [1.807, 2.05) is 12.1 Å². The van der Waals surface area contributed by atoms with E-state index in [2.05, 4.69) is 217 Å². The monoisotopic (exact) mass is 748 g/mol. The van der Waals surface area contributed by atoms with Gasteiger partial charge in [0.2, 0.25) is 0 Å².